The number of esters is 1. The molecule has 1 heterocycles. The van der Waals surface area contributed by atoms with Crippen molar-refractivity contribution < 1.29 is 19.4 Å². The molecule has 0 aromatic carbocycles. The lowest BCUT2D eigenvalue weighted by molar-refractivity contribution is -0.156. The molecule has 1 unspecified atom stereocenters. The largest absolute Gasteiger partial charge is 0.481 e. The van der Waals surface area contributed by atoms with E-state index in [1.807, 2.05) is 0 Å². The average molecular weight is 313 g/mol. The molecule has 1 fully saturated rings. The van der Waals surface area contributed by atoms with Crippen LogP contribution in [0.2, 0.25) is 0 Å². The Balaban J connectivity index is 2.35. The van der Waals surface area contributed by atoms with Crippen LogP contribution in [0.25, 0.3) is 0 Å². The molecule has 0 amide bonds. The number of hydrogen-bond acceptors (Lipinski definition) is 4. The molecule has 0 aromatic heterocycles. The van der Waals surface area contributed by atoms with Gasteiger partial charge in [-0.2, -0.15) is 0 Å². The van der Waals surface area contributed by atoms with Gasteiger partial charge in [0.05, 0.1) is 12.5 Å². The van der Waals surface area contributed by atoms with Gasteiger partial charge in [-0.25, -0.2) is 0 Å². The topological polar surface area (TPSA) is 75.6 Å². The minimum atomic E-state index is -0.718. The highest BCUT2D eigenvalue weighted by molar-refractivity contribution is 5.76. The molecule has 1 rings (SSSR count). The van der Waals surface area contributed by atoms with Gasteiger partial charge in [0.2, 0.25) is 0 Å². The highest BCUT2D eigenvalue weighted by atomic mass is 16.5. The second-order valence-corrected chi connectivity index (χ2v) is 6.59. The first-order chi connectivity index (χ1) is 10.5. The van der Waals surface area contributed by atoms with E-state index in [0.717, 1.165) is 64.5 Å². The number of ether oxygens (including phenoxy) is 1. The molecule has 2 N–H and O–H groups in total. The number of nitrogens with one attached hydrogen (secondary N) is 1. The van der Waals surface area contributed by atoms with Gasteiger partial charge in [0.25, 0.3) is 0 Å². The molecule has 0 spiro atoms. The molecule has 0 aliphatic carbocycles. The summed E-state index contributed by atoms with van der Waals surface area (Å²) in [5, 5.41) is 11.9. The molecule has 0 aromatic rings. The van der Waals surface area contributed by atoms with E-state index in [2.05, 4.69) is 12.2 Å². The van der Waals surface area contributed by atoms with Crippen LogP contribution in [-0.4, -0.2) is 37.2 Å². The number of piperidine rings is 1. The Morgan fingerprint density at radius 2 is 1.73 bits per heavy atom. The van der Waals surface area contributed by atoms with Gasteiger partial charge in [0, 0.05) is 6.42 Å². The van der Waals surface area contributed by atoms with E-state index in [4.69, 9.17) is 9.84 Å². The zero-order chi connectivity index (χ0) is 16.4. The summed E-state index contributed by atoms with van der Waals surface area (Å²) < 4.78 is 5.07. The van der Waals surface area contributed by atoms with Crippen LogP contribution in [0, 0.1) is 11.3 Å². The fourth-order valence-corrected chi connectivity index (χ4v) is 3.46. The van der Waals surface area contributed by atoms with Crippen LogP contribution in [0.3, 0.4) is 0 Å². The number of rotatable bonds is 10. The molecule has 128 valence electrons. The summed E-state index contributed by atoms with van der Waals surface area (Å²) in [4.78, 5) is 22.7. The third kappa shape index (κ3) is 5.95. The highest BCUT2D eigenvalue weighted by Gasteiger charge is 2.41. The van der Waals surface area contributed by atoms with Crippen molar-refractivity contribution >= 4 is 11.9 Å². The van der Waals surface area contributed by atoms with E-state index in [1.165, 1.54) is 7.11 Å². The van der Waals surface area contributed by atoms with E-state index >= 15 is 0 Å². The smallest absolute Gasteiger partial charge is 0.311 e. The Bertz CT molecular complexity index is 353. The minimum Gasteiger partial charge on any atom is -0.481 e. The quantitative estimate of drug-likeness (QED) is 0.479. The Hall–Kier alpha value is -1.10. The molecule has 0 radical (unpaired) electrons. The fourth-order valence-electron chi connectivity index (χ4n) is 3.46. The second-order valence-electron chi connectivity index (χ2n) is 6.59. The van der Waals surface area contributed by atoms with Crippen LogP contribution >= 0.6 is 0 Å². The van der Waals surface area contributed by atoms with Gasteiger partial charge >= 0.3 is 11.9 Å². The third-order valence-corrected chi connectivity index (χ3v) is 4.98. The van der Waals surface area contributed by atoms with Gasteiger partial charge < -0.3 is 15.2 Å². The number of hydrogen-bond donors (Lipinski definition) is 2. The molecule has 1 aliphatic heterocycles. The summed E-state index contributed by atoms with van der Waals surface area (Å²) in [6.07, 6.45) is 7.98. The lowest BCUT2D eigenvalue weighted by Crippen LogP contribution is -2.42. The van der Waals surface area contributed by atoms with E-state index in [0.29, 0.717) is 5.92 Å². The Kier molecular flexibility index (Phi) is 8.46. The van der Waals surface area contributed by atoms with Crippen LogP contribution in [0.1, 0.15) is 64.7 Å². The molecule has 1 atom stereocenters. The molecular formula is C17H31NO4. The van der Waals surface area contributed by atoms with Crippen LogP contribution in [0.5, 0.6) is 0 Å². The summed E-state index contributed by atoms with van der Waals surface area (Å²) in [7, 11) is 1.48. The second kappa shape index (κ2) is 9.82. The van der Waals surface area contributed by atoms with Gasteiger partial charge in [-0.3, -0.25) is 9.59 Å². The summed E-state index contributed by atoms with van der Waals surface area (Å²) in [6, 6.07) is 0. The maximum atomic E-state index is 12.3. The van der Waals surface area contributed by atoms with Gasteiger partial charge in [0.15, 0.2) is 0 Å². The number of aliphatic carboxylic acids is 1. The van der Waals surface area contributed by atoms with E-state index in [9.17, 15) is 9.59 Å². The van der Waals surface area contributed by atoms with Crippen molar-refractivity contribution in [3.63, 3.8) is 0 Å². The first kappa shape index (κ1) is 18.9. The first-order valence-corrected chi connectivity index (χ1v) is 8.51. The molecule has 1 aliphatic rings. The van der Waals surface area contributed by atoms with Crippen molar-refractivity contribution in [3.8, 4) is 0 Å². The Labute approximate surface area is 133 Å². The lowest BCUT2D eigenvalue weighted by Gasteiger charge is -2.38. The van der Waals surface area contributed by atoms with Gasteiger partial charge in [0.1, 0.15) is 0 Å². The summed E-state index contributed by atoms with van der Waals surface area (Å²) in [5.41, 5.74) is -0.377. The molecule has 5 nitrogen and oxygen atoms in total. The predicted molar refractivity (Wildman–Crippen MR) is 85.7 cm³/mol. The van der Waals surface area contributed by atoms with E-state index in [1.54, 1.807) is 0 Å². The van der Waals surface area contributed by atoms with Crippen LogP contribution in [0.4, 0.5) is 0 Å². The molecule has 0 bridgehead atoms. The number of carboxylic acids is 1. The van der Waals surface area contributed by atoms with Crippen molar-refractivity contribution in [3.05, 3.63) is 0 Å². The number of carbonyl (C=O) groups excluding carboxylic acids is 1. The van der Waals surface area contributed by atoms with Gasteiger partial charge in [-0.05, 0) is 51.6 Å². The van der Waals surface area contributed by atoms with Crippen LogP contribution < -0.4 is 5.32 Å². The maximum absolute atomic E-state index is 12.3. The zero-order valence-electron chi connectivity index (χ0n) is 14.0. The lowest BCUT2D eigenvalue weighted by atomic mass is 9.69. The van der Waals surface area contributed by atoms with E-state index in [-0.39, 0.29) is 17.8 Å². The Morgan fingerprint density at radius 1 is 1.14 bits per heavy atom. The minimum absolute atomic E-state index is 0.0784. The molecule has 1 saturated heterocycles. The zero-order valence-corrected chi connectivity index (χ0v) is 14.0. The molecule has 5 heteroatoms. The van der Waals surface area contributed by atoms with Crippen molar-refractivity contribution in [2.45, 2.75) is 64.7 Å². The summed E-state index contributed by atoms with van der Waals surface area (Å²) in [5.74, 6) is -0.400. The van der Waals surface area contributed by atoms with Crippen molar-refractivity contribution in [1.82, 2.24) is 5.32 Å². The highest BCUT2D eigenvalue weighted by Crippen LogP contribution is 2.39. The number of methoxy groups -OCH3 is 1. The fraction of sp³-hybridized carbons (Fsp3) is 0.882. The van der Waals surface area contributed by atoms with Crippen molar-refractivity contribution in [1.29, 1.82) is 0 Å². The maximum Gasteiger partial charge on any atom is 0.311 e. The summed E-state index contributed by atoms with van der Waals surface area (Å²) >= 11 is 0. The third-order valence-electron chi connectivity index (χ3n) is 4.98. The Morgan fingerprint density at radius 3 is 2.32 bits per heavy atom. The number of unbranched alkanes of at least 4 members (excludes halogenated alkanes) is 4. The first-order valence-electron chi connectivity index (χ1n) is 8.51. The molecule has 22 heavy (non-hydrogen) atoms. The summed E-state index contributed by atoms with van der Waals surface area (Å²) in [6.45, 7) is 4.01. The van der Waals surface area contributed by atoms with E-state index < -0.39 is 5.97 Å². The van der Waals surface area contributed by atoms with Crippen molar-refractivity contribution in [2.75, 3.05) is 20.2 Å². The predicted octanol–water partition coefficient (Wildman–Crippen LogP) is 2.98. The van der Waals surface area contributed by atoms with Crippen LogP contribution in [-0.2, 0) is 14.3 Å². The number of carbonyl (C=O) groups is 2. The number of carboxylic acid groups (broad SMARTS) is 1. The molecule has 0 saturated carbocycles. The van der Waals surface area contributed by atoms with Gasteiger partial charge in [-0.1, -0.05) is 25.7 Å². The molecular weight excluding hydrogens is 282 g/mol. The monoisotopic (exact) mass is 313 g/mol. The van der Waals surface area contributed by atoms with Crippen LogP contribution in [0.15, 0.2) is 0 Å². The average Bonchev–Trinajstić information content (AvgIpc) is 2.53. The van der Waals surface area contributed by atoms with Gasteiger partial charge in [-0.15, -0.1) is 0 Å². The standard InChI is InChI=1S/C17H31NO4/c1-17(16(21)22-2,14-9-12-18-13-10-14)11-7-5-3-4-6-8-15(19)20/h14,18H,3-13H2,1-2H3,(H,19,20). The SMILES string of the molecule is COC(=O)C(C)(CCCCCCCC(=O)O)C1CCNCC1. The van der Waals surface area contributed by atoms with Crippen molar-refractivity contribution in [2.24, 2.45) is 11.3 Å². The normalized spacial score (nSPS) is 18.6.